The number of aryl methyl sites for hydroxylation is 1. The summed E-state index contributed by atoms with van der Waals surface area (Å²) in [5, 5.41) is 4.27. The minimum Gasteiger partial charge on any atom is -0.389 e. The van der Waals surface area contributed by atoms with Gasteiger partial charge in [-0.15, -0.1) is 0 Å². The van der Waals surface area contributed by atoms with Crippen LogP contribution in [0.15, 0.2) is 35.0 Å². The van der Waals surface area contributed by atoms with Gasteiger partial charge in [0.25, 0.3) is 0 Å². The quantitative estimate of drug-likeness (QED) is 0.869. The highest BCUT2D eigenvalue weighted by Gasteiger charge is 2.06. The number of thiophene rings is 1. The Hall–Kier alpha value is -1.39. The van der Waals surface area contributed by atoms with E-state index in [1.165, 1.54) is 11.3 Å². The standard InChI is InChI=1S/C14H16N2S2/c1-10-7-12(3-4-13(10)14(15)17)16(2)8-11-5-6-18-9-11/h3-7,9H,8H2,1-2H3,(H2,15,17). The van der Waals surface area contributed by atoms with E-state index in [9.17, 15) is 0 Å². The van der Waals surface area contributed by atoms with Gasteiger partial charge in [0, 0.05) is 24.8 Å². The maximum absolute atomic E-state index is 5.67. The van der Waals surface area contributed by atoms with Gasteiger partial charge >= 0.3 is 0 Å². The zero-order valence-electron chi connectivity index (χ0n) is 10.5. The highest BCUT2D eigenvalue weighted by Crippen LogP contribution is 2.20. The first-order valence-corrected chi connectivity index (χ1v) is 7.05. The van der Waals surface area contributed by atoms with Gasteiger partial charge in [-0.1, -0.05) is 12.2 Å². The molecule has 0 amide bonds. The third kappa shape index (κ3) is 2.89. The zero-order valence-corrected chi connectivity index (χ0v) is 12.1. The fourth-order valence-corrected chi connectivity index (χ4v) is 2.80. The number of rotatable bonds is 4. The van der Waals surface area contributed by atoms with Crippen molar-refractivity contribution in [1.29, 1.82) is 0 Å². The molecule has 2 rings (SSSR count). The number of nitrogens with two attached hydrogens (primary N) is 1. The van der Waals surface area contributed by atoms with Gasteiger partial charge in [-0.25, -0.2) is 0 Å². The normalized spacial score (nSPS) is 10.3. The van der Waals surface area contributed by atoms with E-state index in [2.05, 4.69) is 40.9 Å². The van der Waals surface area contributed by atoms with E-state index >= 15 is 0 Å². The largest absolute Gasteiger partial charge is 0.389 e. The molecule has 2 aromatic rings. The molecule has 1 aromatic carbocycles. The second kappa shape index (κ2) is 5.50. The first kappa shape index (κ1) is 13.1. The predicted octanol–water partition coefficient (Wildman–Crippen LogP) is 3.33. The fraction of sp³-hybridized carbons (Fsp3) is 0.214. The Morgan fingerprint density at radius 3 is 2.72 bits per heavy atom. The minimum atomic E-state index is 0.458. The Labute approximate surface area is 117 Å². The Kier molecular flexibility index (Phi) is 3.99. The van der Waals surface area contributed by atoms with Crippen LogP contribution >= 0.6 is 23.6 Å². The number of hydrogen-bond donors (Lipinski definition) is 1. The van der Waals surface area contributed by atoms with Crippen molar-refractivity contribution >= 4 is 34.2 Å². The molecule has 0 aliphatic heterocycles. The summed E-state index contributed by atoms with van der Waals surface area (Å²) in [6.07, 6.45) is 0. The van der Waals surface area contributed by atoms with Gasteiger partial charge < -0.3 is 10.6 Å². The average Bonchev–Trinajstić information content (AvgIpc) is 2.81. The second-order valence-corrected chi connectivity index (χ2v) is 5.57. The van der Waals surface area contributed by atoms with E-state index in [1.807, 2.05) is 13.0 Å². The van der Waals surface area contributed by atoms with Crippen LogP contribution in [0.1, 0.15) is 16.7 Å². The second-order valence-electron chi connectivity index (χ2n) is 4.35. The summed E-state index contributed by atoms with van der Waals surface area (Å²) >= 11 is 6.74. The Morgan fingerprint density at radius 1 is 1.39 bits per heavy atom. The van der Waals surface area contributed by atoms with Crippen molar-refractivity contribution in [3.63, 3.8) is 0 Å². The van der Waals surface area contributed by atoms with Gasteiger partial charge in [-0.2, -0.15) is 11.3 Å². The molecule has 2 N–H and O–H groups in total. The number of nitrogens with zero attached hydrogens (tertiary/aromatic N) is 1. The van der Waals surface area contributed by atoms with Crippen molar-refractivity contribution in [2.45, 2.75) is 13.5 Å². The van der Waals surface area contributed by atoms with Gasteiger partial charge in [-0.05, 0) is 53.1 Å². The van der Waals surface area contributed by atoms with Crippen molar-refractivity contribution in [1.82, 2.24) is 0 Å². The van der Waals surface area contributed by atoms with Crippen LogP contribution in [-0.4, -0.2) is 12.0 Å². The third-order valence-electron chi connectivity index (χ3n) is 2.92. The Balaban J connectivity index is 2.18. The molecule has 0 aliphatic rings. The van der Waals surface area contributed by atoms with Crippen LogP contribution in [0.25, 0.3) is 0 Å². The third-order valence-corrected chi connectivity index (χ3v) is 3.87. The van der Waals surface area contributed by atoms with Gasteiger partial charge in [0.2, 0.25) is 0 Å². The molecule has 2 nitrogen and oxygen atoms in total. The van der Waals surface area contributed by atoms with Crippen molar-refractivity contribution in [3.8, 4) is 0 Å². The van der Waals surface area contributed by atoms with Crippen molar-refractivity contribution in [3.05, 3.63) is 51.7 Å². The molecule has 1 heterocycles. The predicted molar refractivity (Wildman–Crippen MR) is 83.5 cm³/mol. The smallest absolute Gasteiger partial charge is 0.104 e. The summed E-state index contributed by atoms with van der Waals surface area (Å²) in [6.45, 7) is 2.95. The molecule has 94 valence electrons. The van der Waals surface area contributed by atoms with Gasteiger partial charge in [0.15, 0.2) is 0 Å². The summed E-state index contributed by atoms with van der Waals surface area (Å²) < 4.78 is 0. The molecule has 0 unspecified atom stereocenters. The van der Waals surface area contributed by atoms with E-state index < -0.39 is 0 Å². The first-order valence-electron chi connectivity index (χ1n) is 5.70. The topological polar surface area (TPSA) is 29.3 Å². The monoisotopic (exact) mass is 276 g/mol. The summed E-state index contributed by atoms with van der Waals surface area (Å²) in [6, 6.07) is 8.34. The molecule has 0 bridgehead atoms. The van der Waals surface area contributed by atoms with Crippen molar-refractivity contribution in [2.75, 3.05) is 11.9 Å². The average molecular weight is 276 g/mol. The summed E-state index contributed by atoms with van der Waals surface area (Å²) in [5.41, 5.74) is 10.3. The molecular formula is C14H16N2S2. The van der Waals surface area contributed by atoms with E-state index in [4.69, 9.17) is 18.0 Å². The summed E-state index contributed by atoms with van der Waals surface area (Å²) in [7, 11) is 2.09. The molecule has 0 radical (unpaired) electrons. The maximum Gasteiger partial charge on any atom is 0.104 e. The van der Waals surface area contributed by atoms with Crippen molar-refractivity contribution in [2.24, 2.45) is 5.73 Å². The maximum atomic E-state index is 5.67. The fourth-order valence-electron chi connectivity index (χ4n) is 1.91. The molecule has 0 saturated heterocycles. The molecule has 0 saturated carbocycles. The van der Waals surface area contributed by atoms with E-state index in [0.29, 0.717) is 4.99 Å². The van der Waals surface area contributed by atoms with E-state index in [0.717, 1.165) is 17.7 Å². The number of hydrogen-bond acceptors (Lipinski definition) is 3. The zero-order chi connectivity index (χ0) is 13.1. The Morgan fingerprint density at radius 2 is 2.17 bits per heavy atom. The molecule has 0 spiro atoms. The summed E-state index contributed by atoms with van der Waals surface area (Å²) in [4.78, 5) is 2.68. The lowest BCUT2D eigenvalue weighted by Gasteiger charge is -2.20. The van der Waals surface area contributed by atoms with Crippen LogP contribution in [0.4, 0.5) is 5.69 Å². The Bertz CT molecular complexity index is 547. The van der Waals surface area contributed by atoms with Crippen LogP contribution in [0.2, 0.25) is 0 Å². The van der Waals surface area contributed by atoms with Gasteiger partial charge in [0.05, 0.1) is 0 Å². The van der Waals surface area contributed by atoms with Crippen molar-refractivity contribution < 1.29 is 0 Å². The van der Waals surface area contributed by atoms with Crippen LogP contribution in [0, 0.1) is 6.92 Å². The van der Waals surface area contributed by atoms with E-state index in [-0.39, 0.29) is 0 Å². The van der Waals surface area contributed by atoms with Gasteiger partial charge in [0.1, 0.15) is 4.99 Å². The molecule has 4 heteroatoms. The first-order chi connectivity index (χ1) is 8.58. The molecule has 18 heavy (non-hydrogen) atoms. The minimum absolute atomic E-state index is 0.458. The van der Waals surface area contributed by atoms with Crippen LogP contribution in [0.5, 0.6) is 0 Å². The highest BCUT2D eigenvalue weighted by molar-refractivity contribution is 7.80. The summed E-state index contributed by atoms with van der Waals surface area (Å²) in [5.74, 6) is 0. The highest BCUT2D eigenvalue weighted by atomic mass is 32.1. The lowest BCUT2D eigenvalue weighted by molar-refractivity contribution is 0.926. The lowest BCUT2D eigenvalue weighted by Crippen LogP contribution is -2.17. The van der Waals surface area contributed by atoms with Crippen LogP contribution < -0.4 is 10.6 Å². The molecule has 0 fully saturated rings. The number of benzene rings is 1. The number of thiocarbonyl (C=S) groups is 1. The molecular weight excluding hydrogens is 260 g/mol. The molecule has 0 atom stereocenters. The molecule has 0 aliphatic carbocycles. The lowest BCUT2D eigenvalue weighted by atomic mass is 10.1. The SMILES string of the molecule is Cc1cc(N(C)Cc2ccsc2)ccc1C(N)=S. The number of anilines is 1. The van der Waals surface area contributed by atoms with Crippen LogP contribution in [0.3, 0.4) is 0 Å². The van der Waals surface area contributed by atoms with Gasteiger partial charge in [-0.3, -0.25) is 0 Å². The van der Waals surface area contributed by atoms with Crippen LogP contribution in [-0.2, 0) is 6.54 Å². The molecule has 1 aromatic heterocycles. The van der Waals surface area contributed by atoms with E-state index in [1.54, 1.807) is 11.3 Å².